The molecule has 0 N–H and O–H groups in total. The van der Waals surface area contributed by atoms with Crippen molar-refractivity contribution in [1.29, 1.82) is 0 Å². The summed E-state index contributed by atoms with van der Waals surface area (Å²) in [6.45, 7) is 2.71. The lowest BCUT2D eigenvalue weighted by molar-refractivity contribution is 0.374. The molecule has 0 saturated heterocycles. The van der Waals surface area contributed by atoms with E-state index in [1.165, 1.54) is 3.97 Å². The lowest BCUT2D eigenvalue weighted by atomic mass is 10.1. The first-order chi connectivity index (χ1) is 12.4. The zero-order valence-corrected chi connectivity index (χ0v) is 16.4. The topological polar surface area (TPSA) is 51.5 Å². The molecule has 1 aromatic heterocycles. The largest absolute Gasteiger partial charge is 0.496 e. The number of ether oxygens (including phenoxy) is 1. The lowest BCUT2D eigenvalue weighted by Gasteiger charge is -2.15. The minimum Gasteiger partial charge on any atom is -0.496 e. The number of aryl methyl sites for hydroxylation is 1. The van der Waals surface area contributed by atoms with Gasteiger partial charge in [0.05, 0.1) is 17.5 Å². The third-order valence-electron chi connectivity index (χ3n) is 4.49. The van der Waals surface area contributed by atoms with Crippen LogP contribution in [0.1, 0.15) is 18.1 Å². The molecule has 1 heterocycles. The third kappa shape index (κ3) is 3.22. The van der Waals surface area contributed by atoms with Crippen molar-refractivity contribution in [3.05, 3.63) is 59.8 Å². The molecule has 138 valence electrons. The van der Waals surface area contributed by atoms with E-state index >= 15 is 0 Å². The minimum absolute atomic E-state index is 0.289. The van der Waals surface area contributed by atoms with Crippen LogP contribution in [0.5, 0.6) is 5.75 Å². The van der Waals surface area contributed by atoms with E-state index in [0.717, 1.165) is 28.7 Å². The molecule has 0 bridgehead atoms. The van der Waals surface area contributed by atoms with Gasteiger partial charge in [0.1, 0.15) is 5.75 Å². The molecule has 0 unspecified atom stereocenters. The SMILES string of the molecule is CCc1ccc(S(=O)(=O)n2ccc3c(CN(C)C)c(OC)ccc32)cc1. The van der Waals surface area contributed by atoms with Crippen LogP contribution in [0.25, 0.3) is 10.9 Å². The molecule has 5 nitrogen and oxygen atoms in total. The van der Waals surface area contributed by atoms with Crippen LogP contribution in [-0.4, -0.2) is 38.5 Å². The average Bonchev–Trinajstić information content (AvgIpc) is 3.07. The molecule has 26 heavy (non-hydrogen) atoms. The molecular formula is C20H24N2O3S. The van der Waals surface area contributed by atoms with E-state index in [2.05, 4.69) is 0 Å². The van der Waals surface area contributed by atoms with Gasteiger partial charge >= 0.3 is 0 Å². The number of hydrogen-bond acceptors (Lipinski definition) is 4. The predicted octanol–water partition coefficient (Wildman–Crippen LogP) is 3.51. The second kappa shape index (κ2) is 7.13. The van der Waals surface area contributed by atoms with E-state index in [-0.39, 0.29) is 4.90 Å². The highest BCUT2D eigenvalue weighted by Gasteiger charge is 2.21. The van der Waals surface area contributed by atoms with Crippen molar-refractivity contribution in [2.24, 2.45) is 0 Å². The van der Waals surface area contributed by atoms with Gasteiger partial charge in [-0.2, -0.15) is 0 Å². The fraction of sp³-hybridized carbons (Fsp3) is 0.300. The summed E-state index contributed by atoms with van der Waals surface area (Å²) in [5, 5.41) is 0.881. The summed E-state index contributed by atoms with van der Waals surface area (Å²) in [5.41, 5.74) is 2.74. The number of methoxy groups -OCH3 is 1. The molecule has 3 rings (SSSR count). The van der Waals surface area contributed by atoms with Crippen molar-refractivity contribution >= 4 is 20.9 Å². The zero-order valence-electron chi connectivity index (χ0n) is 15.6. The molecule has 0 atom stereocenters. The van der Waals surface area contributed by atoms with Crippen LogP contribution in [0.4, 0.5) is 0 Å². The van der Waals surface area contributed by atoms with E-state index < -0.39 is 10.0 Å². The molecule has 6 heteroatoms. The standard InChI is InChI=1S/C20H24N2O3S/c1-5-15-6-8-16(9-7-15)26(23,24)22-13-12-17-18(14-21(2)3)20(25-4)11-10-19(17)22/h6-13H,5,14H2,1-4H3. The van der Waals surface area contributed by atoms with Crippen molar-refractivity contribution in [3.8, 4) is 5.75 Å². The highest BCUT2D eigenvalue weighted by Crippen LogP contribution is 2.31. The Morgan fingerprint density at radius 2 is 1.73 bits per heavy atom. The van der Waals surface area contributed by atoms with Gasteiger partial charge in [0.15, 0.2) is 0 Å². The van der Waals surface area contributed by atoms with E-state index in [1.54, 1.807) is 31.5 Å². The Hall–Kier alpha value is -2.31. The summed E-state index contributed by atoms with van der Waals surface area (Å²) in [5.74, 6) is 0.758. The normalized spacial score (nSPS) is 12.0. The molecule has 0 radical (unpaired) electrons. The summed E-state index contributed by atoms with van der Waals surface area (Å²) in [4.78, 5) is 2.32. The molecule has 0 amide bonds. The average molecular weight is 372 g/mol. The maximum atomic E-state index is 13.1. The molecular weight excluding hydrogens is 348 g/mol. The van der Waals surface area contributed by atoms with Gasteiger partial charge in [-0.3, -0.25) is 0 Å². The van der Waals surface area contributed by atoms with Gasteiger partial charge in [0, 0.05) is 23.7 Å². The smallest absolute Gasteiger partial charge is 0.268 e. The van der Waals surface area contributed by atoms with Crippen molar-refractivity contribution < 1.29 is 13.2 Å². The first-order valence-corrected chi connectivity index (χ1v) is 9.98. The molecule has 0 saturated carbocycles. The Labute approximate surface area is 154 Å². The fourth-order valence-corrected chi connectivity index (χ4v) is 4.47. The van der Waals surface area contributed by atoms with Gasteiger partial charge in [-0.25, -0.2) is 12.4 Å². The van der Waals surface area contributed by atoms with Crippen molar-refractivity contribution in [3.63, 3.8) is 0 Å². The number of nitrogens with zero attached hydrogens (tertiary/aromatic N) is 2. The first kappa shape index (κ1) is 18.5. The lowest BCUT2D eigenvalue weighted by Crippen LogP contribution is -2.13. The summed E-state index contributed by atoms with van der Waals surface area (Å²) in [6.07, 6.45) is 2.49. The van der Waals surface area contributed by atoms with E-state index in [1.807, 2.05) is 50.2 Å². The number of fused-ring (bicyclic) bond motifs is 1. The second-order valence-corrected chi connectivity index (χ2v) is 8.35. The Bertz CT molecular complexity index is 1020. The van der Waals surface area contributed by atoms with E-state index in [9.17, 15) is 8.42 Å². The van der Waals surface area contributed by atoms with Crippen LogP contribution in [-0.2, 0) is 23.0 Å². The van der Waals surface area contributed by atoms with Crippen LogP contribution < -0.4 is 4.74 Å². The number of aromatic nitrogens is 1. The van der Waals surface area contributed by atoms with E-state index in [4.69, 9.17) is 4.74 Å². The van der Waals surface area contributed by atoms with Crippen molar-refractivity contribution in [2.45, 2.75) is 24.8 Å². The first-order valence-electron chi connectivity index (χ1n) is 8.54. The zero-order chi connectivity index (χ0) is 18.9. The van der Waals surface area contributed by atoms with Crippen molar-refractivity contribution in [1.82, 2.24) is 8.87 Å². The van der Waals surface area contributed by atoms with E-state index in [0.29, 0.717) is 12.1 Å². The van der Waals surface area contributed by atoms with Crippen LogP contribution in [0.15, 0.2) is 53.6 Å². The highest BCUT2D eigenvalue weighted by atomic mass is 32.2. The Morgan fingerprint density at radius 3 is 2.31 bits per heavy atom. The predicted molar refractivity (Wildman–Crippen MR) is 104 cm³/mol. The Kier molecular flexibility index (Phi) is 5.07. The Morgan fingerprint density at radius 1 is 1.04 bits per heavy atom. The molecule has 2 aromatic carbocycles. The van der Waals surface area contributed by atoms with Crippen LogP contribution in [0.3, 0.4) is 0 Å². The summed E-state index contributed by atoms with van der Waals surface area (Å²) >= 11 is 0. The molecule has 3 aromatic rings. The number of rotatable bonds is 6. The fourth-order valence-electron chi connectivity index (χ4n) is 3.12. The van der Waals surface area contributed by atoms with Crippen LogP contribution >= 0.6 is 0 Å². The summed E-state index contributed by atoms with van der Waals surface area (Å²) < 4.78 is 33.1. The van der Waals surface area contributed by atoms with Gasteiger partial charge in [-0.15, -0.1) is 0 Å². The quantitative estimate of drug-likeness (QED) is 0.664. The van der Waals surface area contributed by atoms with Gasteiger partial charge in [-0.1, -0.05) is 19.1 Å². The molecule has 0 aliphatic heterocycles. The summed E-state index contributed by atoms with van der Waals surface area (Å²) in [6, 6.07) is 12.5. The van der Waals surface area contributed by atoms with Crippen LogP contribution in [0.2, 0.25) is 0 Å². The molecule has 0 spiro atoms. The molecule has 0 aliphatic carbocycles. The number of benzene rings is 2. The second-order valence-electron chi connectivity index (χ2n) is 6.53. The maximum Gasteiger partial charge on any atom is 0.268 e. The van der Waals surface area contributed by atoms with Gasteiger partial charge in [-0.05, 0) is 56.4 Å². The number of hydrogen-bond donors (Lipinski definition) is 0. The van der Waals surface area contributed by atoms with Gasteiger partial charge in [0.25, 0.3) is 10.0 Å². The molecule has 0 aliphatic rings. The summed E-state index contributed by atoms with van der Waals surface area (Å²) in [7, 11) is 1.93. The monoisotopic (exact) mass is 372 g/mol. The van der Waals surface area contributed by atoms with Gasteiger partial charge < -0.3 is 9.64 Å². The van der Waals surface area contributed by atoms with Gasteiger partial charge in [0.2, 0.25) is 0 Å². The van der Waals surface area contributed by atoms with Crippen LogP contribution in [0, 0.1) is 0 Å². The minimum atomic E-state index is -3.65. The Balaban J connectivity index is 2.16. The maximum absolute atomic E-state index is 13.1. The van der Waals surface area contributed by atoms with Crippen molar-refractivity contribution in [2.75, 3.05) is 21.2 Å². The third-order valence-corrected chi connectivity index (χ3v) is 6.19. The molecule has 0 fully saturated rings. The highest BCUT2D eigenvalue weighted by molar-refractivity contribution is 7.90.